The van der Waals surface area contributed by atoms with Crippen LogP contribution in [-0.4, -0.2) is 11.5 Å². The SMILES string of the molecule is Cc1c(NC(=O)CC(C)(C)C)cc2c(c1C)OC(C)(C)C2c1cccs1. The smallest absolute Gasteiger partial charge is 0.224 e. The van der Waals surface area contributed by atoms with Crippen molar-refractivity contribution in [3.63, 3.8) is 0 Å². The molecule has 3 rings (SSSR count). The summed E-state index contributed by atoms with van der Waals surface area (Å²) in [7, 11) is 0. The molecule has 0 spiro atoms. The van der Waals surface area contributed by atoms with Crippen LogP contribution in [0.15, 0.2) is 23.6 Å². The van der Waals surface area contributed by atoms with Crippen molar-refractivity contribution in [3.05, 3.63) is 45.1 Å². The Bertz CT molecular complexity index is 829. The Morgan fingerprint density at radius 1 is 1.27 bits per heavy atom. The molecule has 0 radical (unpaired) electrons. The molecule has 2 aromatic rings. The van der Waals surface area contributed by atoms with Crippen LogP contribution >= 0.6 is 11.3 Å². The molecule has 1 unspecified atom stereocenters. The molecular weight excluding hydrogens is 342 g/mol. The van der Waals surface area contributed by atoms with E-state index in [9.17, 15) is 4.79 Å². The van der Waals surface area contributed by atoms with Crippen molar-refractivity contribution in [1.29, 1.82) is 0 Å². The monoisotopic (exact) mass is 371 g/mol. The Morgan fingerprint density at radius 3 is 2.54 bits per heavy atom. The summed E-state index contributed by atoms with van der Waals surface area (Å²) in [5.74, 6) is 1.21. The van der Waals surface area contributed by atoms with Gasteiger partial charge in [-0.3, -0.25) is 4.79 Å². The molecule has 26 heavy (non-hydrogen) atoms. The number of fused-ring (bicyclic) bond motifs is 1. The van der Waals surface area contributed by atoms with E-state index in [2.05, 4.69) is 77.4 Å². The van der Waals surface area contributed by atoms with Gasteiger partial charge in [0.05, 0.1) is 5.92 Å². The summed E-state index contributed by atoms with van der Waals surface area (Å²) >= 11 is 1.76. The lowest BCUT2D eigenvalue weighted by atomic mass is 9.84. The zero-order valence-corrected chi connectivity index (χ0v) is 17.6. The summed E-state index contributed by atoms with van der Waals surface area (Å²) in [5, 5.41) is 5.25. The number of anilines is 1. The quantitative estimate of drug-likeness (QED) is 0.714. The third-order valence-corrected chi connectivity index (χ3v) is 5.97. The highest BCUT2D eigenvalue weighted by Crippen LogP contribution is 2.52. The molecule has 1 aliphatic rings. The summed E-state index contributed by atoms with van der Waals surface area (Å²) in [6, 6.07) is 6.38. The van der Waals surface area contributed by atoms with Crippen LogP contribution in [0.1, 0.15) is 68.5 Å². The lowest BCUT2D eigenvalue weighted by molar-refractivity contribution is -0.117. The van der Waals surface area contributed by atoms with E-state index in [0.29, 0.717) is 6.42 Å². The summed E-state index contributed by atoms with van der Waals surface area (Å²) < 4.78 is 6.38. The number of hydrogen-bond acceptors (Lipinski definition) is 3. The first-order valence-electron chi connectivity index (χ1n) is 9.16. The minimum Gasteiger partial charge on any atom is -0.486 e. The number of rotatable bonds is 3. The van der Waals surface area contributed by atoms with Gasteiger partial charge in [-0.2, -0.15) is 0 Å². The fraction of sp³-hybridized carbons (Fsp3) is 0.500. The molecule has 0 saturated heterocycles. The molecule has 1 N–H and O–H groups in total. The highest BCUT2D eigenvalue weighted by molar-refractivity contribution is 7.10. The minimum absolute atomic E-state index is 0.0334. The van der Waals surface area contributed by atoms with E-state index < -0.39 is 0 Å². The lowest BCUT2D eigenvalue weighted by Gasteiger charge is -2.25. The average molecular weight is 372 g/mol. The van der Waals surface area contributed by atoms with Gasteiger partial charge >= 0.3 is 0 Å². The maximum atomic E-state index is 12.5. The summed E-state index contributed by atoms with van der Waals surface area (Å²) in [6.07, 6.45) is 0.499. The second kappa shape index (κ2) is 6.41. The highest BCUT2D eigenvalue weighted by atomic mass is 32.1. The first-order valence-corrected chi connectivity index (χ1v) is 10.0. The summed E-state index contributed by atoms with van der Waals surface area (Å²) in [5.41, 5.74) is 3.92. The number of thiophene rings is 1. The first kappa shape index (κ1) is 19.0. The second-order valence-corrected chi connectivity index (χ2v) is 10.0. The van der Waals surface area contributed by atoms with Crippen LogP contribution in [0.2, 0.25) is 0 Å². The van der Waals surface area contributed by atoms with E-state index in [0.717, 1.165) is 22.6 Å². The molecule has 0 saturated carbocycles. The number of benzene rings is 1. The van der Waals surface area contributed by atoms with Gasteiger partial charge in [-0.05, 0) is 61.7 Å². The minimum atomic E-state index is -0.307. The largest absolute Gasteiger partial charge is 0.486 e. The number of ether oxygens (including phenoxy) is 1. The van der Waals surface area contributed by atoms with Gasteiger partial charge < -0.3 is 10.1 Å². The van der Waals surface area contributed by atoms with Gasteiger partial charge in [-0.1, -0.05) is 26.8 Å². The molecule has 1 aromatic heterocycles. The van der Waals surface area contributed by atoms with Gasteiger partial charge in [-0.25, -0.2) is 0 Å². The topological polar surface area (TPSA) is 38.3 Å². The second-order valence-electron chi connectivity index (χ2n) is 9.03. The van der Waals surface area contributed by atoms with Crippen LogP contribution in [0.25, 0.3) is 0 Å². The molecule has 3 nitrogen and oxygen atoms in total. The lowest BCUT2D eigenvalue weighted by Crippen LogP contribution is -2.30. The predicted molar refractivity (Wildman–Crippen MR) is 109 cm³/mol. The zero-order chi connectivity index (χ0) is 19.3. The van der Waals surface area contributed by atoms with Crippen molar-refractivity contribution in [3.8, 4) is 5.75 Å². The number of carbonyl (C=O) groups excluding carboxylic acids is 1. The van der Waals surface area contributed by atoms with E-state index in [1.54, 1.807) is 11.3 Å². The Labute approximate surface area is 160 Å². The Kier molecular flexibility index (Phi) is 4.68. The van der Waals surface area contributed by atoms with Crippen molar-refractivity contribution < 1.29 is 9.53 Å². The van der Waals surface area contributed by atoms with Crippen LogP contribution in [0.4, 0.5) is 5.69 Å². The fourth-order valence-electron chi connectivity index (χ4n) is 3.72. The van der Waals surface area contributed by atoms with E-state index in [1.165, 1.54) is 10.4 Å². The number of hydrogen-bond donors (Lipinski definition) is 1. The van der Waals surface area contributed by atoms with Gasteiger partial charge in [0.15, 0.2) is 0 Å². The third kappa shape index (κ3) is 3.52. The standard InChI is InChI=1S/C22H29NO2S/c1-13-14(2)20-15(11-16(13)23-18(24)12-21(3,4)5)19(22(6,7)25-20)17-9-8-10-26-17/h8-11,19H,12H2,1-7H3,(H,23,24). The van der Waals surface area contributed by atoms with Crippen molar-refractivity contribution in [2.24, 2.45) is 5.41 Å². The van der Waals surface area contributed by atoms with Crippen LogP contribution in [-0.2, 0) is 4.79 Å². The third-order valence-electron chi connectivity index (χ3n) is 5.03. The van der Waals surface area contributed by atoms with Crippen LogP contribution in [0.5, 0.6) is 5.75 Å². The molecule has 0 bridgehead atoms. The van der Waals surface area contributed by atoms with Crippen molar-refractivity contribution in [2.75, 3.05) is 5.32 Å². The van der Waals surface area contributed by atoms with Crippen molar-refractivity contribution >= 4 is 22.9 Å². The number of nitrogens with one attached hydrogen (secondary N) is 1. The highest BCUT2D eigenvalue weighted by Gasteiger charge is 2.44. The first-order chi connectivity index (χ1) is 12.0. The summed E-state index contributed by atoms with van der Waals surface area (Å²) in [4.78, 5) is 13.8. The molecular formula is C22H29NO2S. The molecule has 1 atom stereocenters. The van der Waals surface area contributed by atoms with E-state index in [1.807, 2.05) is 0 Å². The van der Waals surface area contributed by atoms with Crippen molar-refractivity contribution in [2.45, 2.75) is 66.4 Å². The molecule has 0 aliphatic carbocycles. The van der Waals surface area contributed by atoms with E-state index in [-0.39, 0.29) is 22.8 Å². The van der Waals surface area contributed by atoms with Gasteiger partial charge in [0.2, 0.25) is 5.91 Å². The van der Waals surface area contributed by atoms with Gasteiger partial charge in [0.1, 0.15) is 11.4 Å². The predicted octanol–water partition coefficient (Wildman–Crippen LogP) is 6.04. The van der Waals surface area contributed by atoms with Gasteiger partial charge in [0, 0.05) is 22.5 Å². The molecule has 140 valence electrons. The zero-order valence-electron chi connectivity index (χ0n) is 16.8. The normalized spacial score (nSPS) is 18.3. The number of amides is 1. The van der Waals surface area contributed by atoms with E-state index in [4.69, 9.17) is 4.74 Å². The van der Waals surface area contributed by atoms with Gasteiger partial charge in [-0.15, -0.1) is 11.3 Å². The molecule has 0 fully saturated rings. The van der Waals surface area contributed by atoms with Crippen molar-refractivity contribution in [1.82, 2.24) is 0 Å². The van der Waals surface area contributed by atoms with Crippen LogP contribution in [0.3, 0.4) is 0 Å². The van der Waals surface area contributed by atoms with E-state index >= 15 is 0 Å². The average Bonchev–Trinajstić information content (AvgIpc) is 3.07. The Balaban J connectivity index is 2.03. The molecule has 4 heteroatoms. The number of carbonyl (C=O) groups is 1. The maximum Gasteiger partial charge on any atom is 0.224 e. The molecule has 1 aromatic carbocycles. The maximum absolute atomic E-state index is 12.5. The van der Waals surface area contributed by atoms with Crippen LogP contribution in [0, 0.1) is 19.3 Å². The molecule has 2 heterocycles. The Hall–Kier alpha value is -1.81. The van der Waals surface area contributed by atoms with Gasteiger partial charge in [0.25, 0.3) is 0 Å². The molecule has 1 amide bonds. The van der Waals surface area contributed by atoms with Crippen LogP contribution < -0.4 is 10.1 Å². The molecule has 1 aliphatic heterocycles. The fourth-order valence-corrected chi connectivity index (χ4v) is 4.74. The Morgan fingerprint density at radius 2 is 1.96 bits per heavy atom. The summed E-state index contributed by atoms with van der Waals surface area (Å²) in [6.45, 7) is 14.7.